The maximum atomic E-state index is 8.74. The molecule has 0 saturated carbocycles. The number of methoxy groups -OCH3 is 1. The second kappa shape index (κ2) is 6.56. The van der Waals surface area contributed by atoms with Crippen molar-refractivity contribution in [3.63, 3.8) is 0 Å². The minimum absolute atomic E-state index is 0.0257. The van der Waals surface area contributed by atoms with Crippen molar-refractivity contribution in [2.75, 3.05) is 20.3 Å². The Morgan fingerprint density at radius 1 is 1.33 bits per heavy atom. The Kier molecular flexibility index (Phi) is 5.32. The summed E-state index contributed by atoms with van der Waals surface area (Å²) < 4.78 is 5.45. The van der Waals surface area contributed by atoms with Crippen molar-refractivity contribution in [1.82, 2.24) is 5.32 Å². The molecule has 0 spiro atoms. The minimum atomic E-state index is 0.0257. The van der Waals surface area contributed by atoms with E-state index in [9.17, 15) is 0 Å². The molecule has 3 nitrogen and oxygen atoms in total. The van der Waals surface area contributed by atoms with E-state index in [2.05, 4.69) is 12.2 Å². The molecule has 0 unspecified atom stereocenters. The van der Waals surface area contributed by atoms with Gasteiger partial charge in [-0.3, -0.25) is 0 Å². The fourth-order valence-electron chi connectivity index (χ4n) is 1.67. The Hall–Kier alpha value is -0.900. The Balaban J connectivity index is 2.63. The van der Waals surface area contributed by atoms with Crippen LogP contribution < -0.4 is 5.32 Å². The molecule has 0 amide bonds. The average Bonchev–Trinajstić information content (AvgIpc) is 2.29. The highest BCUT2D eigenvalue weighted by molar-refractivity contribution is 5.18. The molecule has 1 aromatic rings. The van der Waals surface area contributed by atoms with E-state index in [4.69, 9.17) is 9.84 Å². The number of hydrogen-bond acceptors (Lipinski definition) is 3. The largest absolute Gasteiger partial charge is 0.395 e. The third kappa shape index (κ3) is 3.63. The number of ether oxygens (including phenoxy) is 1. The third-order valence-corrected chi connectivity index (χ3v) is 2.41. The second-order valence-electron chi connectivity index (χ2n) is 3.53. The van der Waals surface area contributed by atoms with E-state index in [0.29, 0.717) is 6.54 Å². The van der Waals surface area contributed by atoms with Gasteiger partial charge in [0, 0.05) is 19.7 Å². The summed E-state index contributed by atoms with van der Waals surface area (Å²) in [5.74, 6) is 0. The smallest absolute Gasteiger partial charge is 0.0971 e. The van der Waals surface area contributed by atoms with E-state index in [0.717, 1.165) is 5.56 Å². The standard InChI is InChI=1S/C12H19NO2/c1-10(13-8-9-14)12(15-2)11-6-4-3-5-7-11/h3-7,10,12-14H,8-9H2,1-2H3/t10-,12+/m1/s1. The molecule has 0 aromatic heterocycles. The highest BCUT2D eigenvalue weighted by atomic mass is 16.5. The predicted octanol–water partition coefficient (Wildman–Crippen LogP) is 1.34. The number of hydrogen-bond donors (Lipinski definition) is 2. The monoisotopic (exact) mass is 209 g/mol. The number of rotatable bonds is 6. The molecule has 1 rings (SSSR count). The van der Waals surface area contributed by atoms with Crippen molar-refractivity contribution >= 4 is 0 Å². The number of aliphatic hydroxyl groups excluding tert-OH is 1. The first-order chi connectivity index (χ1) is 7.29. The summed E-state index contributed by atoms with van der Waals surface area (Å²) in [6.45, 7) is 2.79. The maximum Gasteiger partial charge on any atom is 0.0971 e. The summed E-state index contributed by atoms with van der Waals surface area (Å²) in [5.41, 5.74) is 1.15. The van der Waals surface area contributed by atoms with Crippen molar-refractivity contribution in [3.8, 4) is 0 Å². The fourth-order valence-corrected chi connectivity index (χ4v) is 1.67. The lowest BCUT2D eigenvalue weighted by molar-refractivity contribution is 0.0718. The summed E-state index contributed by atoms with van der Waals surface area (Å²) in [5, 5.41) is 11.9. The molecule has 15 heavy (non-hydrogen) atoms. The van der Waals surface area contributed by atoms with Gasteiger partial charge in [0.1, 0.15) is 0 Å². The van der Waals surface area contributed by atoms with Crippen molar-refractivity contribution in [1.29, 1.82) is 0 Å². The first-order valence-electron chi connectivity index (χ1n) is 5.21. The van der Waals surface area contributed by atoms with E-state index in [1.165, 1.54) is 0 Å². The zero-order chi connectivity index (χ0) is 11.1. The normalized spacial score (nSPS) is 14.9. The highest BCUT2D eigenvalue weighted by Gasteiger charge is 2.17. The summed E-state index contributed by atoms with van der Waals surface area (Å²) >= 11 is 0. The molecule has 2 atom stereocenters. The van der Waals surface area contributed by atoms with Crippen LogP contribution >= 0.6 is 0 Å². The molecule has 0 heterocycles. The molecule has 0 aliphatic rings. The van der Waals surface area contributed by atoms with Gasteiger partial charge in [0.2, 0.25) is 0 Å². The van der Waals surface area contributed by atoms with E-state index in [1.807, 2.05) is 30.3 Å². The zero-order valence-electron chi connectivity index (χ0n) is 9.31. The number of nitrogens with one attached hydrogen (secondary N) is 1. The van der Waals surface area contributed by atoms with Crippen LogP contribution in [0.4, 0.5) is 0 Å². The van der Waals surface area contributed by atoms with Gasteiger partial charge in [0.15, 0.2) is 0 Å². The number of benzene rings is 1. The van der Waals surface area contributed by atoms with Gasteiger partial charge in [-0.15, -0.1) is 0 Å². The van der Waals surface area contributed by atoms with Crippen LogP contribution in [-0.4, -0.2) is 31.4 Å². The van der Waals surface area contributed by atoms with Gasteiger partial charge in [0.05, 0.1) is 12.7 Å². The molecule has 0 fully saturated rings. The summed E-state index contributed by atoms with van der Waals surface area (Å²) in [4.78, 5) is 0. The molecular formula is C12H19NO2. The highest BCUT2D eigenvalue weighted by Crippen LogP contribution is 2.19. The lowest BCUT2D eigenvalue weighted by Crippen LogP contribution is -2.34. The van der Waals surface area contributed by atoms with Gasteiger partial charge in [-0.1, -0.05) is 30.3 Å². The van der Waals surface area contributed by atoms with Gasteiger partial charge >= 0.3 is 0 Å². The average molecular weight is 209 g/mol. The van der Waals surface area contributed by atoms with E-state index in [1.54, 1.807) is 7.11 Å². The fraction of sp³-hybridized carbons (Fsp3) is 0.500. The van der Waals surface area contributed by atoms with Gasteiger partial charge in [0.25, 0.3) is 0 Å². The van der Waals surface area contributed by atoms with Crippen molar-refractivity contribution in [3.05, 3.63) is 35.9 Å². The Morgan fingerprint density at radius 2 is 2.00 bits per heavy atom. The van der Waals surface area contributed by atoms with E-state index >= 15 is 0 Å². The van der Waals surface area contributed by atoms with Crippen LogP contribution in [0.5, 0.6) is 0 Å². The molecule has 0 aliphatic carbocycles. The van der Waals surface area contributed by atoms with Crippen LogP contribution in [0, 0.1) is 0 Å². The SMILES string of the molecule is CO[C@H](c1ccccc1)[C@@H](C)NCCO. The van der Waals surface area contributed by atoms with Crippen molar-refractivity contribution in [2.24, 2.45) is 0 Å². The summed E-state index contributed by atoms with van der Waals surface area (Å²) in [6, 6.07) is 10.3. The first kappa shape index (κ1) is 12.2. The molecule has 2 N–H and O–H groups in total. The van der Waals surface area contributed by atoms with Crippen molar-refractivity contribution < 1.29 is 9.84 Å². The molecule has 0 bridgehead atoms. The molecule has 84 valence electrons. The van der Waals surface area contributed by atoms with Crippen LogP contribution in [0.15, 0.2) is 30.3 Å². The molecule has 0 aliphatic heterocycles. The Morgan fingerprint density at radius 3 is 2.53 bits per heavy atom. The van der Waals surface area contributed by atoms with Gasteiger partial charge < -0.3 is 15.2 Å². The third-order valence-electron chi connectivity index (χ3n) is 2.41. The lowest BCUT2D eigenvalue weighted by Gasteiger charge is -2.23. The zero-order valence-corrected chi connectivity index (χ0v) is 9.31. The van der Waals surface area contributed by atoms with Crippen LogP contribution in [0.25, 0.3) is 0 Å². The molecule has 1 aromatic carbocycles. The van der Waals surface area contributed by atoms with Crippen molar-refractivity contribution in [2.45, 2.75) is 19.1 Å². The quantitative estimate of drug-likeness (QED) is 0.743. The van der Waals surface area contributed by atoms with E-state index in [-0.39, 0.29) is 18.8 Å². The van der Waals surface area contributed by atoms with Crippen LogP contribution in [0.3, 0.4) is 0 Å². The topological polar surface area (TPSA) is 41.5 Å². The summed E-state index contributed by atoms with van der Waals surface area (Å²) in [7, 11) is 1.70. The molecule has 0 saturated heterocycles. The first-order valence-corrected chi connectivity index (χ1v) is 5.21. The lowest BCUT2D eigenvalue weighted by atomic mass is 10.0. The predicted molar refractivity (Wildman–Crippen MR) is 60.7 cm³/mol. The van der Waals surface area contributed by atoms with E-state index < -0.39 is 0 Å². The molecule has 3 heteroatoms. The maximum absolute atomic E-state index is 8.74. The Bertz CT molecular complexity index is 264. The van der Waals surface area contributed by atoms with Gasteiger partial charge in [-0.2, -0.15) is 0 Å². The second-order valence-corrected chi connectivity index (χ2v) is 3.53. The van der Waals surface area contributed by atoms with Crippen LogP contribution in [0.1, 0.15) is 18.6 Å². The Labute approximate surface area is 91.1 Å². The van der Waals surface area contributed by atoms with Gasteiger partial charge in [-0.05, 0) is 12.5 Å². The van der Waals surface area contributed by atoms with Gasteiger partial charge in [-0.25, -0.2) is 0 Å². The molecular weight excluding hydrogens is 190 g/mol. The molecule has 0 radical (unpaired) electrons. The van der Waals surface area contributed by atoms with Crippen LogP contribution in [-0.2, 0) is 4.74 Å². The van der Waals surface area contributed by atoms with Crippen LogP contribution in [0.2, 0.25) is 0 Å². The number of aliphatic hydroxyl groups is 1. The summed E-state index contributed by atoms with van der Waals surface area (Å²) in [6.07, 6.45) is 0.0257. The minimum Gasteiger partial charge on any atom is -0.395 e.